The predicted octanol–water partition coefficient (Wildman–Crippen LogP) is 3.39. The molecule has 2 aliphatic heterocycles. The number of benzene rings is 2. The maximum Gasteiger partial charge on any atom is 0.261 e. The largest absolute Gasteiger partial charge is 0.367 e. The van der Waals surface area contributed by atoms with Crippen LogP contribution in [0.3, 0.4) is 0 Å². The summed E-state index contributed by atoms with van der Waals surface area (Å²) in [7, 11) is -3.81. The van der Waals surface area contributed by atoms with Gasteiger partial charge in [0.25, 0.3) is 15.9 Å². The number of rotatable bonds is 5. The number of piperidine rings is 1. The highest BCUT2D eigenvalue weighted by molar-refractivity contribution is 7.92. The first-order valence-electron chi connectivity index (χ1n) is 11.7. The Morgan fingerprint density at radius 2 is 1.79 bits per heavy atom. The molecule has 2 aromatic rings. The van der Waals surface area contributed by atoms with Gasteiger partial charge in [0.2, 0.25) is 0 Å². The molecule has 33 heavy (non-hydrogen) atoms. The summed E-state index contributed by atoms with van der Waals surface area (Å²) in [5, 5.41) is 3.33. The molecule has 4 rings (SSSR count). The summed E-state index contributed by atoms with van der Waals surface area (Å²) in [5.41, 5.74) is 3.72. The normalized spacial score (nSPS) is 19.4. The molecule has 1 atom stereocenters. The minimum absolute atomic E-state index is 0.0416. The highest BCUT2D eigenvalue weighted by Gasteiger charge is 2.25. The van der Waals surface area contributed by atoms with Crippen molar-refractivity contribution in [2.24, 2.45) is 5.92 Å². The molecule has 178 valence electrons. The average Bonchev–Trinajstić information content (AvgIpc) is 2.80. The lowest BCUT2D eigenvalue weighted by atomic mass is 9.99. The molecule has 7 nitrogen and oxygen atoms in total. The van der Waals surface area contributed by atoms with Crippen molar-refractivity contribution in [1.82, 2.24) is 10.2 Å². The number of likely N-dealkylation sites (tertiary alicyclic amines) is 1. The molecule has 2 aliphatic rings. The van der Waals surface area contributed by atoms with Gasteiger partial charge in [0.1, 0.15) is 0 Å². The molecule has 0 aromatic heterocycles. The summed E-state index contributed by atoms with van der Waals surface area (Å²) in [5.74, 6) is 0.436. The fourth-order valence-electron chi connectivity index (χ4n) is 4.57. The quantitative estimate of drug-likeness (QED) is 0.700. The summed E-state index contributed by atoms with van der Waals surface area (Å²) in [6.07, 6.45) is 2.13. The van der Waals surface area contributed by atoms with Gasteiger partial charge in [-0.15, -0.1) is 0 Å². The van der Waals surface area contributed by atoms with Gasteiger partial charge in [-0.25, -0.2) is 8.42 Å². The molecule has 0 saturated carbocycles. The lowest BCUT2D eigenvalue weighted by Gasteiger charge is -2.33. The van der Waals surface area contributed by atoms with Gasteiger partial charge in [0.15, 0.2) is 0 Å². The zero-order valence-electron chi connectivity index (χ0n) is 19.7. The second kappa shape index (κ2) is 9.73. The molecule has 2 saturated heterocycles. The zero-order valence-corrected chi connectivity index (χ0v) is 20.5. The van der Waals surface area contributed by atoms with E-state index in [1.165, 1.54) is 0 Å². The minimum Gasteiger partial charge on any atom is -0.367 e. The number of anilines is 2. The van der Waals surface area contributed by atoms with Gasteiger partial charge in [0.05, 0.1) is 16.3 Å². The summed E-state index contributed by atoms with van der Waals surface area (Å²) >= 11 is 0. The molecular formula is C25H34N4O3S. The fraction of sp³-hybridized carbons (Fsp3) is 0.480. The number of carbonyl (C=O) groups is 1. The SMILES string of the molecule is Cc1ccc(S(=O)(=O)Nc2cc(C(=O)N3CCCC(C)C3)ccc2N2CCNCC2)cc1C. The zero-order chi connectivity index (χ0) is 23.6. The fourth-order valence-corrected chi connectivity index (χ4v) is 5.72. The first kappa shape index (κ1) is 23.6. The number of sulfonamides is 1. The monoisotopic (exact) mass is 470 g/mol. The third-order valence-corrected chi connectivity index (χ3v) is 8.04. The van der Waals surface area contributed by atoms with Crippen LogP contribution in [0.15, 0.2) is 41.3 Å². The predicted molar refractivity (Wildman–Crippen MR) is 133 cm³/mol. The van der Waals surface area contributed by atoms with E-state index in [1.807, 2.05) is 36.9 Å². The van der Waals surface area contributed by atoms with Crippen molar-refractivity contribution >= 4 is 27.3 Å². The van der Waals surface area contributed by atoms with Crippen LogP contribution in [-0.2, 0) is 10.0 Å². The Hall–Kier alpha value is -2.58. The smallest absolute Gasteiger partial charge is 0.261 e. The van der Waals surface area contributed by atoms with Crippen LogP contribution >= 0.6 is 0 Å². The van der Waals surface area contributed by atoms with Gasteiger partial charge >= 0.3 is 0 Å². The number of piperazine rings is 1. The average molecular weight is 471 g/mol. The Kier molecular flexibility index (Phi) is 6.95. The van der Waals surface area contributed by atoms with Crippen molar-refractivity contribution in [2.75, 3.05) is 48.9 Å². The second-order valence-corrected chi connectivity index (χ2v) is 11.0. The lowest BCUT2D eigenvalue weighted by molar-refractivity contribution is 0.0683. The topological polar surface area (TPSA) is 81.8 Å². The Morgan fingerprint density at radius 3 is 2.48 bits per heavy atom. The molecule has 0 radical (unpaired) electrons. The first-order valence-corrected chi connectivity index (χ1v) is 13.2. The number of aryl methyl sites for hydroxylation is 2. The van der Waals surface area contributed by atoms with E-state index in [9.17, 15) is 13.2 Å². The van der Waals surface area contributed by atoms with E-state index in [1.54, 1.807) is 18.2 Å². The van der Waals surface area contributed by atoms with Crippen LogP contribution in [0.2, 0.25) is 0 Å². The van der Waals surface area contributed by atoms with E-state index in [-0.39, 0.29) is 10.8 Å². The van der Waals surface area contributed by atoms with Gasteiger partial charge in [-0.3, -0.25) is 9.52 Å². The third-order valence-electron chi connectivity index (χ3n) is 6.68. The van der Waals surface area contributed by atoms with Crippen molar-refractivity contribution in [2.45, 2.75) is 38.5 Å². The molecule has 1 unspecified atom stereocenters. The number of nitrogens with one attached hydrogen (secondary N) is 2. The van der Waals surface area contributed by atoms with E-state index in [4.69, 9.17) is 0 Å². The Labute approximate surface area is 197 Å². The highest BCUT2D eigenvalue weighted by Crippen LogP contribution is 2.31. The molecule has 8 heteroatoms. The first-order chi connectivity index (χ1) is 15.7. The Morgan fingerprint density at radius 1 is 1.03 bits per heavy atom. The number of carbonyl (C=O) groups excluding carboxylic acids is 1. The van der Waals surface area contributed by atoms with Crippen LogP contribution in [0.5, 0.6) is 0 Å². The van der Waals surface area contributed by atoms with Gasteiger partial charge < -0.3 is 15.1 Å². The summed E-state index contributed by atoms with van der Waals surface area (Å²) in [6, 6.07) is 10.5. The summed E-state index contributed by atoms with van der Waals surface area (Å²) in [4.78, 5) is 17.5. The molecule has 0 bridgehead atoms. The lowest BCUT2D eigenvalue weighted by Crippen LogP contribution is -2.44. The Balaban J connectivity index is 1.69. The Bertz CT molecular complexity index is 1130. The van der Waals surface area contributed by atoms with Gasteiger partial charge in [-0.2, -0.15) is 0 Å². The van der Waals surface area contributed by atoms with Crippen molar-refractivity contribution in [3.63, 3.8) is 0 Å². The van der Waals surface area contributed by atoms with E-state index < -0.39 is 10.0 Å². The van der Waals surface area contributed by atoms with Crippen molar-refractivity contribution in [3.8, 4) is 0 Å². The van der Waals surface area contributed by atoms with E-state index >= 15 is 0 Å². The second-order valence-electron chi connectivity index (χ2n) is 9.32. The highest BCUT2D eigenvalue weighted by atomic mass is 32.2. The van der Waals surface area contributed by atoms with Gasteiger partial charge in [-0.1, -0.05) is 13.0 Å². The molecule has 2 N–H and O–H groups in total. The van der Waals surface area contributed by atoms with Crippen molar-refractivity contribution < 1.29 is 13.2 Å². The number of hydrogen-bond donors (Lipinski definition) is 2. The number of nitrogens with zero attached hydrogens (tertiary/aromatic N) is 2. The van der Waals surface area contributed by atoms with E-state index in [2.05, 4.69) is 21.9 Å². The molecular weight excluding hydrogens is 436 g/mol. The maximum absolute atomic E-state index is 13.3. The van der Waals surface area contributed by atoms with Crippen LogP contribution in [-0.4, -0.2) is 58.5 Å². The molecule has 0 spiro atoms. The van der Waals surface area contributed by atoms with Crippen LogP contribution in [0.4, 0.5) is 11.4 Å². The van der Waals surface area contributed by atoms with Crippen molar-refractivity contribution in [1.29, 1.82) is 0 Å². The van der Waals surface area contributed by atoms with Crippen LogP contribution in [0.25, 0.3) is 0 Å². The van der Waals surface area contributed by atoms with Gasteiger partial charge in [-0.05, 0) is 74.1 Å². The number of hydrogen-bond acceptors (Lipinski definition) is 5. The molecule has 0 aliphatic carbocycles. The molecule has 1 amide bonds. The summed E-state index contributed by atoms with van der Waals surface area (Å²) < 4.78 is 29.4. The summed E-state index contributed by atoms with van der Waals surface area (Å²) in [6.45, 7) is 10.7. The molecule has 2 heterocycles. The van der Waals surface area contributed by atoms with E-state index in [0.717, 1.165) is 68.9 Å². The van der Waals surface area contributed by atoms with Crippen molar-refractivity contribution in [3.05, 3.63) is 53.1 Å². The number of amides is 1. The van der Waals surface area contributed by atoms with E-state index in [0.29, 0.717) is 17.2 Å². The third kappa shape index (κ3) is 5.33. The van der Waals surface area contributed by atoms with Crippen LogP contribution < -0.4 is 14.9 Å². The minimum atomic E-state index is -3.81. The molecule has 2 aromatic carbocycles. The molecule has 2 fully saturated rings. The van der Waals surface area contributed by atoms with Crippen LogP contribution in [0, 0.1) is 19.8 Å². The maximum atomic E-state index is 13.3. The standard InChI is InChI=1S/C25H34N4O3S/c1-18-5-4-12-29(17-18)25(30)21-7-9-24(28-13-10-26-11-14-28)23(16-21)27-33(31,32)22-8-6-19(2)20(3)15-22/h6-9,15-16,18,26-27H,4-5,10-14,17H2,1-3H3. The van der Waals surface area contributed by atoms with Crippen LogP contribution in [0.1, 0.15) is 41.3 Å². The van der Waals surface area contributed by atoms with Gasteiger partial charge in [0, 0.05) is 44.8 Å².